The van der Waals surface area contributed by atoms with E-state index in [1.54, 1.807) is 0 Å². The summed E-state index contributed by atoms with van der Waals surface area (Å²) in [5.41, 5.74) is 2.97. The third-order valence-electron chi connectivity index (χ3n) is 3.11. The molecule has 0 fully saturated rings. The van der Waals surface area contributed by atoms with Crippen molar-refractivity contribution >= 4 is 22.6 Å². The van der Waals surface area contributed by atoms with Crippen LogP contribution in [0.3, 0.4) is 0 Å². The Labute approximate surface area is 122 Å². The Balaban J connectivity index is 1.67. The van der Waals surface area contributed by atoms with Gasteiger partial charge < -0.3 is 9.72 Å². The Morgan fingerprint density at radius 3 is 2.85 bits per heavy atom. The number of aromatic amines is 1. The summed E-state index contributed by atoms with van der Waals surface area (Å²) in [6.07, 6.45) is 0.721. The Kier molecular flexibility index (Phi) is 3.61. The van der Waals surface area contributed by atoms with E-state index >= 15 is 0 Å². The molecule has 0 amide bonds. The fourth-order valence-electron chi connectivity index (χ4n) is 2.14. The number of benzene rings is 2. The number of nitrogens with one attached hydrogen (secondary N) is 1. The molecule has 0 aliphatic rings. The van der Waals surface area contributed by atoms with Crippen molar-refractivity contribution in [3.8, 4) is 5.75 Å². The van der Waals surface area contributed by atoms with E-state index in [0.717, 1.165) is 29.0 Å². The fraction of sp³-hybridized carbons (Fsp3) is 0.188. The minimum atomic E-state index is 0.584. The standard InChI is InChI=1S/C16H15ClN2O/c1-11-4-2-5-12(10-11)20-9-8-15-18-14-7-3-6-13(17)16(14)19-15/h2-7,10H,8-9H2,1H3,(H,18,19). The van der Waals surface area contributed by atoms with Crippen LogP contribution in [0.2, 0.25) is 5.02 Å². The molecule has 0 spiro atoms. The third kappa shape index (κ3) is 2.78. The number of nitrogens with zero attached hydrogens (tertiary/aromatic N) is 1. The molecule has 3 nitrogen and oxygen atoms in total. The SMILES string of the molecule is Cc1cccc(OCCc2nc3c(Cl)cccc3[nH]2)c1. The molecule has 102 valence electrons. The van der Waals surface area contributed by atoms with E-state index in [0.29, 0.717) is 11.6 Å². The summed E-state index contributed by atoms with van der Waals surface area (Å²) in [4.78, 5) is 7.75. The monoisotopic (exact) mass is 286 g/mol. The zero-order chi connectivity index (χ0) is 13.9. The van der Waals surface area contributed by atoms with E-state index in [4.69, 9.17) is 16.3 Å². The highest BCUT2D eigenvalue weighted by molar-refractivity contribution is 6.34. The summed E-state index contributed by atoms with van der Waals surface area (Å²) < 4.78 is 5.72. The Bertz CT molecular complexity index is 736. The zero-order valence-corrected chi connectivity index (χ0v) is 11.9. The number of imidazole rings is 1. The first-order valence-corrected chi connectivity index (χ1v) is 6.93. The van der Waals surface area contributed by atoms with Crippen molar-refractivity contribution in [2.45, 2.75) is 13.3 Å². The molecule has 0 saturated carbocycles. The van der Waals surface area contributed by atoms with Crippen LogP contribution in [0.15, 0.2) is 42.5 Å². The normalized spacial score (nSPS) is 10.9. The number of fused-ring (bicyclic) bond motifs is 1. The molecule has 20 heavy (non-hydrogen) atoms. The van der Waals surface area contributed by atoms with Crippen molar-refractivity contribution in [3.63, 3.8) is 0 Å². The van der Waals surface area contributed by atoms with Gasteiger partial charge in [0.05, 0.1) is 17.1 Å². The van der Waals surface area contributed by atoms with Gasteiger partial charge in [0.15, 0.2) is 0 Å². The number of para-hydroxylation sites is 1. The molecular formula is C16H15ClN2O. The number of rotatable bonds is 4. The molecule has 0 aliphatic heterocycles. The molecule has 4 heteroatoms. The van der Waals surface area contributed by atoms with Crippen LogP contribution in [0, 0.1) is 6.92 Å². The lowest BCUT2D eigenvalue weighted by atomic mass is 10.2. The number of aromatic nitrogens is 2. The summed E-state index contributed by atoms with van der Waals surface area (Å²) in [7, 11) is 0. The second-order valence-electron chi connectivity index (χ2n) is 4.73. The van der Waals surface area contributed by atoms with Gasteiger partial charge in [-0.3, -0.25) is 0 Å². The number of hydrogen-bond donors (Lipinski definition) is 1. The smallest absolute Gasteiger partial charge is 0.119 e. The lowest BCUT2D eigenvalue weighted by molar-refractivity contribution is 0.319. The van der Waals surface area contributed by atoms with Gasteiger partial charge in [-0.25, -0.2) is 4.98 Å². The molecule has 0 aliphatic carbocycles. The van der Waals surface area contributed by atoms with Crippen LogP contribution in [0.4, 0.5) is 0 Å². The number of ether oxygens (including phenoxy) is 1. The molecule has 1 heterocycles. The van der Waals surface area contributed by atoms with Gasteiger partial charge in [-0.2, -0.15) is 0 Å². The summed E-state index contributed by atoms with van der Waals surface area (Å²) in [6.45, 7) is 2.63. The van der Waals surface area contributed by atoms with Gasteiger partial charge in [0.1, 0.15) is 17.1 Å². The van der Waals surface area contributed by atoms with Crippen molar-refractivity contribution in [1.82, 2.24) is 9.97 Å². The van der Waals surface area contributed by atoms with Crippen LogP contribution in [0.5, 0.6) is 5.75 Å². The van der Waals surface area contributed by atoms with Crippen LogP contribution in [-0.2, 0) is 6.42 Å². The van der Waals surface area contributed by atoms with Crippen LogP contribution in [0.25, 0.3) is 11.0 Å². The lowest BCUT2D eigenvalue weighted by Crippen LogP contribution is -2.02. The lowest BCUT2D eigenvalue weighted by Gasteiger charge is -2.05. The highest BCUT2D eigenvalue weighted by atomic mass is 35.5. The van der Waals surface area contributed by atoms with E-state index in [-0.39, 0.29) is 0 Å². The summed E-state index contributed by atoms with van der Waals surface area (Å²) in [5.74, 6) is 1.78. The molecule has 0 bridgehead atoms. The number of halogens is 1. The van der Waals surface area contributed by atoms with Crippen LogP contribution >= 0.6 is 11.6 Å². The minimum absolute atomic E-state index is 0.584. The fourth-order valence-corrected chi connectivity index (χ4v) is 2.35. The van der Waals surface area contributed by atoms with Gasteiger partial charge in [-0.1, -0.05) is 29.8 Å². The molecule has 1 N–H and O–H groups in total. The average molecular weight is 287 g/mol. The van der Waals surface area contributed by atoms with E-state index in [2.05, 4.69) is 9.97 Å². The predicted molar refractivity (Wildman–Crippen MR) is 81.5 cm³/mol. The van der Waals surface area contributed by atoms with Crippen molar-refractivity contribution in [2.75, 3.05) is 6.61 Å². The number of hydrogen-bond acceptors (Lipinski definition) is 2. The first-order chi connectivity index (χ1) is 9.72. The third-order valence-corrected chi connectivity index (χ3v) is 3.41. The first kappa shape index (κ1) is 13.0. The summed E-state index contributed by atoms with van der Waals surface area (Å²) in [5, 5.41) is 0.671. The molecule has 3 aromatic rings. The maximum absolute atomic E-state index is 6.10. The summed E-state index contributed by atoms with van der Waals surface area (Å²) >= 11 is 6.10. The largest absolute Gasteiger partial charge is 0.493 e. The molecule has 0 unspecified atom stereocenters. The number of H-pyrrole nitrogens is 1. The van der Waals surface area contributed by atoms with Crippen molar-refractivity contribution in [3.05, 3.63) is 58.9 Å². The zero-order valence-electron chi connectivity index (χ0n) is 11.2. The molecule has 0 atom stereocenters. The van der Waals surface area contributed by atoms with Crippen molar-refractivity contribution in [1.29, 1.82) is 0 Å². The van der Waals surface area contributed by atoms with Crippen molar-refractivity contribution < 1.29 is 4.74 Å². The minimum Gasteiger partial charge on any atom is -0.493 e. The van der Waals surface area contributed by atoms with Gasteiger partial charge >= 0.3 is 0 Å². The molecule has 0 saturated heterocycles. The Morgan fingerprint density at radius 2 is 2.05 bits per heavy atom. The number of aryl methyl sites for hydroxylation is 1. The predicted octanol–water partition coefficient (Wildman–Crippen LogP) is 4.15. The molecule has 1 aromatic heterocycles. The van der Waals surface area contributed by atoms with Crippen LogP contribution < -0.4 is 4.74 Å². The summed E-state index contributed by atoms with van der Waals surface area (Å²) in [6, 6.07) is 13.8. The van der Waals surface area contributed by atoms with Crippen molar-refractivity contribution in [2.24, 2.45) is 0 Å². The first-order valence-electron chi connectivity index (χ1n) is 6.55. The average Bonchev–Trinajstić information content (AvgIpc) is 2.83. The second kappa shape index (κ2) is 5.55. The Morgan fingerprint density at radius 1 is 1.20 bits per heavy atom. The quantitative estimate of drug-likeness (QED) is 0.782. The van der Waals surface area contributed by atoms with Gasteiger partial charge in [0.25, 0.3) is 0 Å². The highest BCUT2D eigenvalue weighted by Gasteiger charge is 2.05. The molecule has 0 radical (unpaired) electrons. The molecule has 2 aromatic carbocycles. The molecular weight excluding hydrogens is 272 g/mol. The van der Waals surface area contributed by atoms with Crippen LogP contribution in [0.1, 0.15) is 11.4 Å². The van der Waals surface area contributed by atoms with E-state index in [9.17, 15) is 0 Å². The molecule has 3 rings (SSSR count). The van der Waals surface area contributed by atoms with Gasteiger partial charge in [0, 0.05) is 6.42 Å². The van der Waals surface area contributed by atoms with Gasteiger partial charge in [0.2, 0.25) is 0 Å². The van der Waals surface area contributed by atoms with Gasteiger partial charge in [-0.15, -0.1) is 0 Å². The van der Waals surface area contributed by atoms with E-state index in [1.807, 2.05) is 49.4 Å². The Hall–Kier alpha value is -2.00. The maximum Gasteiger partial charge on any atom is 0.119 e. The second-order valence-corrected chi connectivity index (χ2v) is 5.14. The van der Waals surface area contributed by atoms with Gasteiger partial charge in [-0.05, 0) is 36.8 Å². The maximum atomic E-state index is 6.10. The highest BCUT2D eigenvalue weighted by Crippen LogP contribution is 2.21. The van der Waals surface area contributed by atoms with Crippen LogP contribution in [-0.4, -0.2) is 16.6 Å². The van der Waals surface area contributed by atoms with E-state index in [1.165, 1.54) is 5.56 Å². The van der Waals surface area contributed by atoms with E-state index < -0.39 is 0 Å². The topological polar surface area (TPSA) is 37.9 Å².